The van der Waals surface area contributed by atoms with E-state index in [0.717, 1.165) is 38.8 Å². The fourth-order valence-corrected chi connectivity index (χ4v) is 4.01. The van der Waals surface area contributed by atoms with E-state index < -0.39 is 10.0 Å². The maximum atomic E-state index is 12.1. The summed E-state index contributed by atoms with van der Waals surface area (Å²) in [5.74, 6) is 0.570. The highest BCUT2D eigenvalue weighted by Crippen LogP contribution is 2.15. The Morgan fingerprint density at radius 1 is 1.29 bits per heavy atom. The number of nitrogens with one attached hydrogen (secondary N) is 2. The summed E-state index contributed by atoms with van der Waals surface area (Å²) in [6, 6.07) is 0.0461. The minimum absolute atomic E-state index is 0.0461. The quantitative estimate of drug-likeness (QED) is 0.762. The first-order valence-corrected chi connectivity index (χ1v) is 8.22. The van der Waals surface area contributed by atoms with E-state index in [-0.39, 0.29) is 11.3 Å². The van der Waals surface area contributed by atoms with Crippen LogP contribution in [0.25, 0.3) is 0 Å². The van der Waals surface area contributed by atoms with Crippen molar-refractivity contribution in [2.45, 2.75) is 57.7 Å². The van der Waals surface area contributed by atoms with Crippen LogP contribution in [-0.4, -0.2) is 32.8 Å². The van der Waals surface area contributed by atoms with Crippen LogP contribution < -0.4 is 10.0 Å². The monoisotopic (exact) mass is 262 g/mol. The fourth-order valence-electron chi connectivity index (χ4n) is 2.30. The maximum absolute atomic E-state index is 12.1. The third kappa shape index (κ3) is 4.94. The number of rotatable bonds is 6. The van der Waals surface area contributed by atoms with Gasteiger partial charge in [0.2, 0.25) is 10.0 Å². The van der Waals surface area contributed by atoms with E-state index in [4.69, 9.17) is 0 Å². The van der Waals surface area contributed by atoms with Gasteiger partial charge < -0.3 is 5.32 Å². The zero-order chi connectivity index (χ0) is 12.9. The minimum atomic E-state index is -3.13. The lowest BCUT2D eigenvalue weighted by Crippen LogP contribution is -2.44. The molecule has 0 aromatic rings. The Labute approximate surface area is 106 Å². The standard InChI is InChI=1S/C12H26N2O2S/c1-4-10(2)9-11(3)14-17(15,16)12-5-7-13-8-6-12/h10-14H,4-9H2,1-3H3. The van der Waals surface area contributed by atoms with Crippen LogP contribution in [0.4, 0.5) is 0 Å². The Kier molecular flexibility index (Phi) is 5.89. The summed E-state index contributed by atoms with van der Waals surface area (Å²) in [6.07, 6.45) is 3.47. The summed E-state index contributed by atoms with van der Waals surface area (Å²) in [5, 5.41) is 2.98. The van der Waals surface area contributed by atoms with Crippen LogP contribution in [0.2, 0.25) is 0 Å². The third-order valence-electron chi connectivity index (χ3n) is 3.54. The molecule has 0 radical (unpaired) electrons. The molecule has 2 N–H and O–H groups in total. The highest BCUT2D eigenvalue weighted by Gasteiger charge is 2.28. The molecule has 1 heterocycles. The first kappa shape index (κ1) is 14.9. The van der Waals surface area contributed by atoms with E-state index >= 15 is 0 Å². The molecule has 0 aromatic carbocycles. The Morgan fingerprint density at radius 3 is 2.41 bits per heavy atom. The summed E-state index contributed by atoms with van der Waals surface area (Å²) in [6.45, 7) is 7.88. The molecule has 0 aromatic heterocycles. The molecule has 1 saturated heterocycles. The molecule has 4 nitrogen and oxygen atoms in total. The Bertz CT molecular complexity index is 310. The zero-order valence-corrected chi connectivity index (χ0v) is 12.0. The summed E-state index contributed by atoms with van der Waals surface area (Å²) >= 11 is 0. The Morgan fingerprint density at radius 2 is 1.88 bits per heavy atom. The molecule has 0 bridgehead atoms. The van der Waals surface area contributed by atoms with Gasteiger partial charge in [0.1, 0.15) is 0 Å². The average molecular weight is 262 g/mol. The van der Waals surface area contributed by atoms with Crippen molar-refractivity contribution in [1.82, 2.24) is 10.0 Å². The normalized spacial score (nSPS) is 22.3. The van der Waals surface area contributed by atoms with Crippen LogP contribution in [0.3, 0.4) is 0 Å². The van der Waals surface area contributed by atoms with Gasteiger partial charge in [0, 0.05) is 6.04 Å². The van der Waals surface area contributed by atoms with Crippen molar-refractivity contribution in [3.63, 3.8) is 0 Å². The first-order valence-electron chi connectivity index (χ1n) is 6.67. The second kappa shape index (κ2) is 6.71. The van der Waals surface area contributed by atoms with Crippen LogP contribution >= 0.6 is 0 Å². The van der Waals surface area contributed by atoms with Gasteiger partial charge >= 0.3 is 0 Å². The predicted octanol–water partition coefficient (Wildman–Crippen LogP) is 1.48. The summed E-state index contributed by atoms with van der Waals surface area (Å²) in [4.78, 5) is 0. The summed E-state index contributed by atoms with van der Waals surface area (Å²) < 4.78 is 27.1. The van der Waals surface area contributed by atoms with Crippen molar-refractivity contribution >= 4 is 10.0 Å². The van der Waals surface area contributed by atoms with Crippen molar-refractivity contribution < 1.29 is 8.42 Å². The van der Waals surface area contributed by atoms with Gasteiger partial charge in [-0.2, -0.15) is 0 Å². The fraction of sp³-hybridized carbons (Fsp3) is 1.00. The number of hydrogen-bond acceptors (Lipinski definition) is 3. The topological polar surface area (TPSA) is 58.2 Å². The molecule has 0 spiro atoms. The van der Waals surface area contributed by atoms with Crippen molar-refractivity contribution in [1.29, 1.82) is 0 Å². The van der Waals surface area contributed by atoms with E-state index in [1.807, 2.05) is 6.92 Å². The van der Waals surface area contributed by atoms with Gasteiger partial charge in [-0.25, -0.2) is 13.1 Å². The number of piperidine rings is 1. The predicted molar refractivity (Wildman–Crippen MR) is 71.5 cm³/mol. The van der Waals surface area contributed by atoms with Crippen molar-refractivity contribution in [3.8, 4) is 0 Å². The lowest BCUT2D eigenvalue weighted by Gasteiger charge is -2.25. The second-order valence-electron chi connectivity index (χ2n) is 5.26. The van der Waals surface area contributed by atoms with E-state index in [9.17, 15) is 8.42 Å². The van der Waals surface area contributed by atoms with Crippen molar-refractivity contribution in [2.75, 3.05) is 13.1 Å². The van der Waals surface area contributed by atoms with Gasteiger partial charge in [0.15, 0.2) is 0 Å². The number of sulfonamides is 1. The number of hydrogen-bond donors (Lipinski definition) is 2. The van der Waals surface area contributed by atoms with Crippen molar-refractivity contribution in [2.24, 2.45) is 5.92 Å². The molecule has 102 valence electrons. The molecular weight excluding hydrogens is 236 g/mol. The van der Waals surface area contributed by atoms with Crippen LogP contribution in [0, 0.1) is 5.92 Å². The molecule has 0 aliphatic carbocycles. The largest absolute Gasteiger partial charge is 0.317 e. The molecule has 2 unspecified atom stereocenters. The van der Waals surface area contributed by atoms with E-state index in [2.05, 4.69) is 23.9 Å². The maximum Gasteiger partial charge on any atom is 0.214 e. The van der Waals surface area contributed by atoms with Gasteiger partial charge in [0.25, 0.3) is 0 Å². The minimum Gasteiger partial charge on any atom is -0.317 e. The van der Waals surface area contributed by atoms with Crippen LogP contribution in [0.5, 0.6) is 0 Å². The highest BCUT2D eigenvalue weighted by atomic mass is 32.2. The molecule has 1 fully saturated rings. The second-order valence-corrected chi connectivity index (χ2v) is 7.25. The van der Waals surface area contributed by atoms with E-state index in [1.54, 1.807) is 0 Å². The van der Waals surface area contributed by atoms with Crippen molar-refractivity contribution in [3.05, 3.63) is 0 Å². The molecule has 1 aliphatic heterocycles. The first-order chi connectivity index (χ1) is 7.95. The smallest absolute Gasteiger partial charge is 0.214 e. The molecule has 2 atom stereocenters. The molecule has 1 rings (SSSR count). The molecule has 0 saturated carbocycles. The van der Waals surface area contributed by atoms with Gasteiger partial charge in [-0.1, -0.05) is 20.3 Å². The highest BCUT2D eigenvalue weighted by molar-refractivity contribution is 7.90. The van der Waals surface area contributed by atoms with Gasteiger partial charge in [0.05, 0.1) is 5.25 Å². The lowest BCUT2D eigenvalue weighted by molar-refractivity contribution is 0.436. The molecule has 0 amide bonds. The molecular formula is C12H26N2O2S. The van der Waals surface area contributed by atoms with E-state index in [0.29, 0.717) is 5.92 Å². The molecule has 1 aliphatic rings. The van der Waals surface area contributed by atoms with E-state index in [1.165, 1.54) is 0 Å². The van der Waals surface area contributed by atoms with Crippen LogP contribution in [-0.2, 0) is 10.0 Å². The summed E-state index contributed by atoms with van der Waals surface area (Å²) in [5.41, 5.74) is 0. The van der Waals surface area contributed by atoms with Gasteiger partial charge in [-0.05, 0) is 45.2 Å². The molecule has 5 heteroatoms. The third-order valence-corrected chi connectivity index (χ3v) is 5.62. The van der Waals surface area contributed by atoms with Crippen LogP contribution in [0.1, 0.15) is 46.5 Å². The Hall–Kier alpha value is -0.130. The zero-order valence-electron chi connectivity index (χ0n) is 11.2. The SMILES string of the molecule is CCC(C)CC(C)NS(=O)(=O)C1CCNCC1. The molecule has 17 heavy (non-hydrogen) atoms. The van der Waals surface area contributed by atoms with Gasteiger partial charge in [-0.3, -0.25) is 0 Å². The summed E-state index contributed by atoms with van der Waals surface area (Å²) in [7, 11) is -3.13. The van der Waals surface area contributed by atoms with Gasteiger partial charge in [-0.15, -0.1) is 0 Å². The van der Waals surface area contributed by atoms with Crippen LogP contribution in [0.15, 0.2) is 0 Å². The Balaban J connectivity index is 2.47. The lowest BCUT2D eigenvalue weighted by atomic mass is 10.0. The average Bonchev–Trinajstić information content (AvgIpc) is 2.29.